The van der Waals surface area contributed by atoms with Gasteiger partial charge in [-0.2, -0.15) is 0 Å². The molecule has 0 fully saturated rings. The molecule has 2 amide bonds. The fraction of sp³-hybridized carbons (Fsp3) is 0. The number of carbonyl (C=O) groups is 1. The summed E-state index contributed by atoms with van der Waals surface area (Å²) in [6.45, 7) is 3.49. The highest BCUT2D eigenvalue weighted by Crippen LogP contribution is 2.06. The lowest BCUT2D eigenvalue weighted by Gasteiger charge is -2.15. The van der Waals surface area contributed by atoms with E-state index in [-0.39, 0.29) is 0 Å². The van der Waals surface area contributed by atoms with Crippen LogP contribution in [0.4, 0.5) is 4.79 Å². The monoisotopic (exact) mass is 137 g/mol. The summed E-state index contributed by atoms with van der Waals surface area (Å²) >= 11 is 0. The summed E-state index contributed by atoms with van der Waals surface area (Å²) in [4.78, 5) is 15.4. The van der Waals surface area contributed by atoms with Crippen molar-refractivity contribution in [1.29, 1.82) is 0 Å². The molecule has 0 radical (unpaired) electrons. The number of primary amides is 1. The molecule has 2 N–H and O–H groups in total. The normalized spacial score (nSPS) is 16.0. The smallest absolute Gasteiger partial charge is 0.324 e. The fourth-order valence-corrected chi connectivity index (χ4v) is 0.603. The third kappa shape index (κ3) is 1.05. The quantitative estimate of drug-likeness (QED) is 0.517. The van der Waals surface area contributed by atoms with E-state index < -0.39 is 6.03 Å². The number of carbonyl (C=O) groups excluding carboxylic acids is 1. The van der Waals surface area contributed by atoms with Gasteiger partial charge in [0.25, 0.3) is 0 Å². The van der Waals surface area contributed by atoms with Crippen LogP contribution in [0.25, 0.3) is 0 Å². The van der Waals surface area contributed by atoms with E-state index in [1.807, 2.05) is 0 Å². The number of rotatable bonds is 0. The van der Waals surface area contributed by atoms with Crippen LogP contribution in [0.5, 0.6) is 0 Å². The zero-order chi connectivity index (χ0) is 7.56. The molecule has 0 aromatic carbocycles. The summed E-state index contributed by atoms with van der Waals surface area (Å²) in [7, 11) is 0. The summed E-state index contributed by atoms with van der Waals surface area (Å²) in [5, 5.41) is 0. The largest absolute Gasteiger partial charge is 0.351 e. The maximum atomic E-state index is 10.5. The summed E-state index contributed by atoms with van der Waals surface area (Å²) in [5.74, 6) is 0.343. The second kappa shape index (κ2) is 2.34. The molecule has 0 spiro atoms. The van der Waals surface area contributed by atoms with Gasteiger partial charge in [-0.3, -0.25) is 4.90 Å². The lowest BCUT2D eigenvalue weighted by Crippen LogP contribution is -2.30. The SMILES string of the molecule is C=C1N=CC=CN1C(N)=O. The van der Waals surface area contributed by atoms with Crippen molar-refractivity contribution < 1.29 is 4.79 Å². The highest BCUT2D eigenvalue weighted by Gasteiger charge is 2.09. The van der Waals surface area contributed by atoms with Crippen LogP contribution in [0.1, 0.15) is 0 Å². The standard InChI is InChI=1S/C6H7N3O/c1-5-8-3-2-4-9(5)6(7)10/h2-4H,1H2,(H2,7,10). The predicted molar refractivity (Wildman–Crippen MR) is 38.2 cm³/mol. The number of hydrogen-bond acceptors (Lipinski definition) is 2. The van der Waals surface area contributed by atoms with E-state index in [1.54, 1.807) is 12.3 Å². The Bertz CT molecular complexity index is 229. The minimum Gasteiger partial charge on any atom is -0.351 e. The average Bonchev–Trinajstić information content (AvgIpc) is 1.88. The average molecular weight is 137 g/mol. The lowest BCUT2D eigenvalue weighted by molar-refractivity contribution is 0.232. The van der Waals surface area contributed by atoms with E-state index in [0.717, 1.165) is 0 Å². The molecule has 0 bridgehead atoms. The first-order valence-electron chi connectivity index (χ1n) is 2.70. The molecule has 0 atom stereocenters. The lowest BCUT2D eigenvalue weighted by atomic mass is 10.5. The number of nitrogens with zero attached hydrogens (tertiary/aromatic N) is 2. The van der Waals surface area contributed by atoms with Crippen LogP contribution in [0.2, 0.25) is 0 Å². The minimum atomic E-state index is -0.571. The van der Waals surface area contributed by atoms with Crippen LogP contribution in [0.3, 0.4) is 0 Å². The molecule has 0 aromatic rings. The van der Waals surface area contributed by atoms with Crippen LogP contribution >= 0.6 is 0 Å². The van der Waals surface area contributed by atoms with Crippen LogP contribution in [-0.4, -0.2) is 17.1 Å². The molecular weight excluding hydrogens is 130 g/mol. The molecule has 1 aliphatic heterocycles. The molecule has 0 saturated heterocycles. The fourth-order valence-electron chi connectivity index (χ4n) is 0.603. The summed E-state index contributed by atoms with van der Waals surface area (Å²) in [5.41, 5.74) is 4.96. The second-order valence-electron chi connectivity index (χ2n) is 1.74. The van der Waals surface area contributed by atoms with Crippen LogP contribution in [0.15, 0.2) is 29.7 Å². The van der Waals surface area contributed by atoms with Gasteiger partial charge in [-0.25, -0.2) is 9.79 Å². The molecule has 10 heavy (non-hydrogen) atoms. The topological polar surface area (TPSA) is 58.7 Å². The van der Waals surface area contributed by atoms with Gasteiger partial charge in [-0.1, -0.05) is 6.58 Å². The molecular formula is C6H7N3O. The number of urea groups is 1. The summed E-state index contributed by atoms with van der Waals surface area (Å²) < 4.78 is 0. The second-order valence-corrected chi connectivity index (χ2v) is 1.74. The first-order valence-corrected chi connectivity index (χ1v) is 2.70. The highest BCUT2D eigenvalue weighted by molar-refractivity contribution is 5.80. The molecule has 0 aromatic heterocycles. The third-order valence-electron chi connectivity index (χ3n) is 1.06. The van der Waals surface area contributed by atoms with Gasteiger partial charge >= 0.3 is 6.03 Å². The molecule has 52 valence electrons. The Morgan fingerprint density at radius 2 is 2.50 bits per heavy atom. The first-order chi connectivity index (χ1) is 4.72. The van der Waals surface area contributed by atoms with Crippen LogP contribution < -0.4 is 5.73 Å². The van der Waals surface area contributed by atoms with E-state index >= 15 is 0 Å². The van der Waals surface area contributed by atoms with Crippen molar-refractivity contribution >= 4 is 12.2 Å². The van der Waals surface area contributed by atoms with Crippen molar-refractivity contribution in [3.8, 4) is 0 Å². The van der Waals surface area contributed by atoms with Crippen molar-refractivity contribution in [2.24, 2.45) is 10.7 Å². The van der Waals surface area contributed by atoms with Crippen LogP contribution in [0, 0.1) is 0 Å². The Morgan fingerprint density at radius 3 is 2.90 bits per heavy atom. The zero-order valence-electron chi connectivity index (χ0n) is 5.32. The Hall–Kier alpha value is -1.58. The first kappa shape index (κ1) is 6.54. The van der Waals surface area contributed by atoms with Gasteiger partial charge in [0.05, 0.1) is 0 Å². The van der Waals surface area contributed by atoms with E-state index in [0.29, 0.717) is 5.82 Å². The maximum Gasteiger partial charge on any atom is 0.324 e. The number of aliphatic imine (C=N–C) groups is 1. The molecule has 4 nitrogen and oxygen atoms in total. The molecule has 0 aliphatic carbocycles. The molecule has 1 rings (SSSR count). The van der Waals surface area contributed by atoms with Crippen LogP contribution in [-0.2, 0) is 0 Å². The molecule has 1 aliphatic rings. The van der Waals surface area contributed by atoms with E-state index in [1.165, 1.54) is 11.1 Å². The molecule has 4 heteroatoms. The summed E-state index contributed by atoms with van der Waals surface area (Å²) in [6.07, 6.45) is 4.67. The zero-order valence-corrected chi connectivity index (χ0v) is 5.32. The summed E-state index contributed by atoms with van der Waals surface area (Å²) in [6, 6.07) is -0.571. The Kier molecular flexibility index (Phi) is 1.53. The number of nitrogens with two attached hydrogens (primary N) is 1. The number of hydrogen-bond donors (Lipinski definition) is 1. The Balaban J connectivity index is 2.80. The molecule has 1 heterocycles. The van der Waals surface area contributed by atoms with Crippen molar-refractivity contribution in [3.63, 3.8) is 0 Å². The van der Waals surface area contributed by atoms with Crippen molar-refractivity contribution in [3.05, 3.63) is 24.7 Å². The maximum absolute atomic E-state index is 10.5. The minimum absolute atomic E-state index is 0.343. The highest BCUT2D eigenvalue weighted by atomic mass is 16.2. The molecule has 0 unspecified atom stereocenters. The van der Waals surface area contributed by atoms with E-state index in [4.69, 9.17) is 5.73 Å². The van der Waals surface area contributed by atoms with Gasteiger partial charge in [-0.15, -0.1) is 0 Å². The third-order valence-corrected chi connectivity index (χ3v) is 1.06. The number of amides is 2. The van der Waals surface area contributed by atoms with Crippen molar-refractivity contribution in [2.45, 2.75) is 0 Å². The Labute approximate surface area is 58.3 Å². The van der Waals surface area contributed by atoms with Gasteiger partial charge in [0.1, 0.15) is 5.82 Å². The van der Waals surface area contributed by atoms with E-state index in [9.17, 15) is 4.79 Å². The van der Waals surface area contributed by atoms with Gasteiger partial charge in [0, 0.05) is 12.4 Å². The van der Waals surface area contributed by atoms with Gasteiger partial charge in [0.2, 0.25) is 0 Å². The van der Waals surface area contributed by atoms with Crippen molar-refractivity contribution in [2.75, 3.05) is 0 Å². The van der Waals surface area contributed by atoms with Gasteiger partial charge in [0.15, 0.2) is 0 Å². The number of allylic oxidation sites excluding steroid dienone is 1. The molecule has 0 saturated carbocycles. The predicted octanol–water partition coefficient (Wildman–Crippen LogP) is 0.436. The van der Waals surface area contributed by atoms with Gasteiger partial charge in [-0.05, 0) is 6.08 Å². The van der Waals surface area contributed by atoms with E-state index in [2.05, 4.69) is 11.6 Å². The van der Waals surface area contributed by atoms with Gasteiger partial charge < -0.3 is 5.73 Å². The Morgan fingerprint density at radius 1 is 1.80 bits per heavy atom. The van der Waals surface area contributed by atoms with Crippen molar-refractivity contribution in [1.82, 2.24) is 4.90 Å².